The Balaban J connectivity index is 3.96. The van der Waals surface area contributed by atoms with Crippen LogP contribution in [0.15, 0.2) is 12.2 Å². The normalized spacial score (nSPS) is 15.1. The maximum Gasteiger partial charge on any atom is 0.0593 e. The van der Waals surface area contributed by atoms with E-state index in [0.29, 0.717) is 0 Å². The number of unbranched alkanes of at least 4 members (excludes halogenated alkanes) is 11. The smallest absolute Gasteiger partial charge is 0.0593 e. The molecule has 0 aromatic rings. The summed E-state index contributed by atoms with van der Waals surface area (Å²) in [6.45, 7) is 4.39. The molecule has 0 aliphatic heterocycles. The van der Waals surface area contributed by atoms with Gasteiger partial charge in [-0.05, 0) is 38.5 Å². The number of hydrogen-bond acceptors (Lipinski definition) is 2. The van der Waals surface area contributed by atoms with Gasteiger partial charge in [0, 0.05) is 11.8 Å². The number of aliphatic hydroxyl groups excluding tert-OH is 2. The van der Waals surface area contributed by atoms with E-state index in [4.69, 9.17) is 11.6 Å². The van der Waals surface area contributed by atoms with E-state index in [2.05, 4.69) is 26.0 Å². The summed E-state index contributed by atoms with van der Waals surface area (Å²) in [6, 6.07) is 0. The van der Waals surface area contributed by atoms with Crippen LogP contribution in [-0.4, -0.2) is 28.3 Å². The van der Waals surface area contributed by atoms with Crippen molar-refractivity contribution in [2.24, 2.45) is 5.92 Å². The summed E-state index contributed by atoms with van der Waals surface area (Å²) in [5.74, 6) is 0.798. The van der Waals surface area contributed by atoms with Crippen molar-refractivity contribution in [3.63, 3.8) is 0 Å². The molecule has 2 nitrogen and oxygen atoms in total. The molecule has 2 unspecified atom stereocenters. The molecule has 0 saturated heterocycles. The van der Waals surface area contributed by atoms with E-state index in [-0.39, 0.29) is 18.1 Å². The summed E-state index contributed by atoms with van der Waals surface area (Å²) in [5.41, 5.74) is 0. The Morgan fingerprint density at radius 1 is 0.586 bits per heavy atom. The summed E-state index contributed by atoms with van der Waals surface area (Å²) >= 11 is 5.66. The van der Waals surface area contributed by atoms with E-state index in [1.54, 1.807) is 0 Å². The molecule has 0 saturated carbocycles. The zero-order valence-corrected chi connectivity index (χ0v) is 20.4. The van der Waals surface area contributed by atoms with Crippen LogP contribution in [0, 0.1) is 5.92 Å². The fourth-order valence-corrected chi connectivity index (χ4v) is 4.23. The van der Waals surface area contributed by atoms with Crippen LogP contribution < -0.4 is 0 Å². The SMILES string of the molecule is CCCCCC(O)C(CCCCCCCCC/C=C/CCCl)C(O)CCCCC. The van der Waals surface area contributed by atoms with Crippen molar-refractivity contribution in [3.05, 3.63) is 12.2 Å². The lowest BCUT2D eigenvalue weighted by atomic mass is 9.85. The standard InChI is InChI=1S/C26H51ClO2/c1-3-5-16-21-25(28)24(26(29)22-17-6-4-2)20-18-14-12-10-8-7-9-11-13-15-19-23-27/h13,15,24-26,28-29H,3-12,14,16-23H2,1-2H3/b15-13+. The number of hydrogen-bond donors (Lipinski definition) is 2. The minimum atomic E-state index is -0.329. The fraction of sp³-hybridized carbons (Fsp3) is 0.923. The van der Waals surface area contributed by atoms with E-state index in [9.17, 15) is 10.2 Å². The van der Waals surface area contributed by atoms with E-state index in [1.165, 1.54) is 70.6 Å². The van der Waals surface area contributed by atoms with Gasteiger partial charge in [0.1, 0.15) is 0 Å². The lowest BCUT2D eigenvalue weighted by molar-refractivity contribution is -0.00316. The minimum Gasteiger partial charge on any atom is -0.393 e. The Kier molecular flexibility index (Phi) is 22.6. The van der Waals surface area contributed by atoms with Crippen LogP contribution in [0.3, 0.4) is 0 Å². The third kappa shape index (κ3) is 18.4. The Morgan fingerprint density at radius 2 is 1.03 bits per heavy atom. The van der Waals surface area contributed by atoms with Gasteiger partial charge in [0.15, 0.2) is 0 Å². The van der Waals surface area contributed by atoms with Crippen molar-refractivity contribution >= 4 is 11.6 Å². The highest BCUT2D eigenvalue weighted by Crippen LogP contribution is 2.25. The van der Waals surface area contributed by atoms with Gasteiger partial charge in [-0.25, -0.2) is 0 Å². The molecule has 0 aliphatic carbocycles. The quantitative estimate of drug-likeness (QED) is 0.103. The molecule has 0 fully saturated rings. The highest BCUT2D eigenvalue weighted by molar-refractivity contribution is 6.17. The van der Waals surface area contributed by atoms with Crippen LogP contribution in [0.4, 0.5) is 0 Å². The molecule has 0 heterocycles. The monoisotopic (exact) mass is 430 g/mol. The second kappa shape index (κ2) is 22.6. The zero-order chi connectivity index (χ0) is 21.6. The number of rotatable bonds is 22. The van der Waals surface area contributed by atoms with Gasteiger partial charge >= 0.3 is 0 Å². The van der Waals surface area contributed by atoms with Gasteiger partial charge in [0.25, 0.3) is 0 Å². The van der Waals surface area contributed by atoms with E-state index < -0.39 is 0 Å². The highest BCUT2D eigenvalue weighted by Gasteiger charge is 2.25. The summed E-state index contributed by atoms with van der Waals surface area (Å²) in [5, 5.41) is 21.3. The Bertz CT molecular complexity index is 330. The van der Waals surface area contributed by atoms with E-state index >= 15 is 0 Å². The molecule has 0 bridgehead atoms. The van der Waals surface area contributed by atoms with Crippen LogP contribution in [-0.2, 0) is 0 Å². The molecule has 0 aromatic heterocycles. The van der Waals surface area contributed by atoms with Crippen LogP contribution in [0.2, 0.25) is 0 Å². The second-order valence-corrected chi connectivity index (χ2v) is 9.17. The molecule has 0 radical (unpaired) electrons. The first-order valence-corrected chi connectivity index (χ1v) is 13.3. The van der Waals surface area contributed by atoms with Crippen molar-refractivity contribution in [2.75, 3.05) is 5.88 Å². The lowest BCUT2D eigenvalue weighted by Gasteiger charge is -2.28. The van der Waals surface area contributed by atoms with Gasteiger partial charge < -0.3 is 10.2 Å². The van der Waals surface area contributed by atoms with Gasteiger partial charge in [-0.2, -0.15) is 0 Å². The van der Waals surface area contributed by atoms with Gasteiger partial charge in [-0.3, -0.25) is 0 Å². The van der Waals surface area contributed by atoms with Crippen LogP contribution >= 0.6 is 11.6 Å². The van der Waals surface area contributed by atoms with E-state index in [1.807, 2.05) is 0 Å². The average Bonchev–Trinajstić information content (AvgIpc) is 2.71. The summed E-state index contributed by atoms with van der Waals surface area (Å²) in [6.07, 6.45) is 24.4. The Morgan fingerprint density at radius 3 is 1.55 bits per heavy atom. The van der Waals surface area contributed by atoms with Gasteiger partial charge in [0.2, 0.25) is 0 Å². The predicted molar refractivity (Wildman–Crippen MR) is 130 cm³/mol. The molecule has 174 valence electrons. The minimum absolute atomic E-state index is 0.0727. The van der Waals surface area contributed by atoms with Crippen molar-refractivity contribution in [1.29, 1.82) is 0 Å². The average molecular weight is 431 g/mol. The summed E-state index contributed by atoms with van der Waals surface area (Å²) in [7, 11) is 0. The molecule has 0 amide bonds. The third-order valence-electron chi connectivity index (χ3n) is 6.05. The number of halogens is 1. The van der Waals surface area contributed by atoms with Gasteiger partial charge in [-0.15, -0.1) is 11.6 Å². The summed E-state index contributed by atoms with van der Waals surface area (Å²) < 4.78 is 0. The summed E-state index contributed by atoms with van der Waals surface area (Å²) in [4.78, 5) is 0. The Labute approximate surface area is 187 Å². The fourth-order valence-electron chi connectivity index (χ4n) is 4.10. The van der Waals surface area contributed by atoms with Crippen molar-refractivity contribution < 1.29 is 10.2 Å². The topological polar surface area (TPSA) is 40.5 Å². The maximum absolute atomic E-state index is 10.7. The molecule has 0 spiro atoms. The van der Waals surface area contributed by atoms with E-state index in [0.717, 1.165) is 50.8 Å². The van der Waals surface area contributed by atoms with Gasteiger partial charge in [-0.1, -0.05) is 103 Å². The maximum atomic E-state index is 10.7. The molecular weight excluding hydrogens is 380 g/mol. The van der Waals surface area contributed by atoms with Gasteiger partial charge in [0.05, 0.1) is 12.2 Å². The lowest BCUT2D eigenvalue weighted by Crippen LogP contribution is -2.32. The first-order chi connectivity index (χ1) is 14.2. The molecule has 2 N–H and O–H groups in total. The zero-order valence-electron chi connectivity index (χ0n) is 19.6. The number of alkyl halides is 1. The molecule has 2 atom stereocenters. The van der Waals surface area contributed by atoms with Crippen LogP contribution in [0.25, 0.3) is 0 Å². The molecular formula is C26H51ClO2. The first-order valence-electron chi connectivity index (χ1n) is 12.7. The van der Waals surface area contributed by atoms with Crippen LogP contribution in [0.5, 0.6) is 0 Å². The molecule has 3 heteroatoms. The number of allylic oxidation sites excluding steroid dienone is 2. The van der Waals surface area contributed by atoms with Crippen molar-refractivity contribution in [2.45, 2.75) is 142 Å². The Hall–Kier alpha value is -0.0500. The molecule has 0 aromatic carbocycles. The van der Waals surface area contributed by atoms with Crippen molar-refractivity contribution in [1.82, 2.24) is 0 Å². The van der Waals surface area contributed by atoms with Crippen LogP contribution in [0.1, 0.15) is 129 Å². The van der Waals surface area contributed by atoms with Crippen molar-refractivity contribution in [3.8, 4) is 0 Å². The first kappa shape index (κ1) is 28.9. The second-order valence-electron chi connectivity index (χ2n) is 8.79. The molecule has 0 aliphatic rings. The highest BCUT2D eigenvalue weighted by atomic mass is 35.5. The number of aliphatic hydroxyl groups is 2. The molecule has 0 rings (SSSR count). The molecule has 29 heavy (non-hydrogen) atoms. The largest absolute Gasteiger partial charge is 0.393 e. The third-order valence-corrected chi connectivity index (χ3v) is 6.26. The predicted octanol–water partition coefficient (Wildman–Crippen LogP) is 8.18.